The molecular formula is C11H11NO3. The third-order valence-corrected chi connectivity index (χ3v) is 1.93. The number of carboxylic acid groups (broad SMARTS) is 1. The maximum atomic E-state index is 10.6. The normalized spacial score (nSPS) is 10.2. The molecule has 1 amide bonds. The summed E-state index contributed by atoms with van der Waals surface area (Å²) in [6, 6.07) is 6.85. The fourth-order valence-electron chi connectivity index (χ4n) is 1.07. The second kappa shape index (κ2) is 4.95. The van der Waals surface area contributed by atoms with Crippen LogP contribution in [0.4, 0.5) is 10.5 Å². The Balaban J connectivity index is 2.85. The fourth-order valence-corrected chi connectivity index (χ4v) is 1.07. The second-order valence-corrected chi connectivity index (χ2v) is 2.93. The smallest absolute Gasteiger partial charge is 0.411 e. The first kappa shape index (κ1) is 11.0. The number of benzene rings is 1. The largest absolute Gasteiger partial charge is 0.465 e. The van der Waals surface area contributed by atoms with Crippen molar-refractivity contribution < 1.29 is 14.7 Å². The summed E-state index contributed by atoms with van der Waals surface area (Å²) in [5, 5.41) is 8.71. The number of hydrogen-bond acceptors (Lipinski definition) is 2. The van der Waals surface area contributed by atoms with E-state index in [1.807, 2.05) is 0 Å². The molecule has 0 fully saturated rings. The monoisotopic (exact) mass is 205 g/mol. The van der Waals surface area contributed by atoms with Gasteiger partial charge in [-0.05, 0) is 23.8 Å². The van der Waals surface area contributed by atoms with Crippen LogP contribution in [0.5, 0.6) is 0 Å². The summed E-state index contributed by atoms with van der Waals surface area (Å²) >= 11 is 0. The van der Waals surface area contributed by atoms with Crippen molar-refractivity contribution in [2.75, 3.05) is 11.9 Å². The first-order valence-electron chi connectivity index (χ1n) is 4.33. The summed E-state index contributed by atoms with van der Waals surface area (Å²) in [7, 11) is 1.47. The molecule has 0 spiro atoms. The Morgan fingerprint density at radius 3 is 2.40 bits per heavy atom. The summed E-state index contributed by atoms with van der Waals surface area (Å²) in [6.45, 7) is 0. The molecule has 15 heavy (non-hydrogen) atoms. The van der Waals surface area contributed by atoms with Crippen molar-refractivity contribution in [3.05, 3.63) is 35.9 Å². The average molecular weight is 205 g/mol. The number of aldehydes is 1. The van der Waals surface area contributed by atoms with Crippen molar-refractivity contribution in [3.63, 3.8) is 0 Å². The van der Waals surface area contributed by atoms with Crippen molar-refractivity contribution in [3.8, 4) is 0 Å². The zero-order chi connectivity index (χ0) is 11.3. The minimum absolute atomic E-state index is 0.589. The van der Waals surface area contributed by atoms with Crippen LogP contribution in [0.15, 0.2) is 30.3 Å². The lowest BCUT2D eigenvalue weighted by Gasteiger charge is -2.12. The van der Waals surface area contributed by atoms with Crippen molar-refractivity contribution >= 4 is 24.1 Å². The Kier molecular flexibility index (Phi) is 3.62. The van der Waals surface area contributed by atoms with Gasteiger partial charge in [-0.15, -0.1) is 0 Å². The Morgan fingerprint density at radius 2 is 1.93 bits per heavy atom. The van der Waals surface area contributed by atoms with Crippen LogP contribution in [-0.2, 0) is 4.79 Å². The van der Waals surface area contributed by atoms with Gasteiger partial charge in [-0.1, -0.05) is 18.2 Å². The summed E-state index contributed by atoms with van der Waals surface area (Å²) < 4.78 is 0. The van der Waals surface area contributed by atoms with Crippen molar-refractivity contribution in [1.29, 1.82) is 0 Å². The van der Waals surface area contributed by atoms with Gasteiger partial charge in [0.15, 0.2) is 0 Å². The highest BCUT2D eigenvalue weighted by Crippen LogP contribution is 2.14. The third-order valence-electron chi connectivity index (χ3n) is 1.93. The first-order valence-corrected chi connectivity index (χ1v) is 4.33. The van der Waals surface area contributed by atoms with Crippen LogP contribution < -0.4 is 4.90 Å². The minimum Gasteiger partial charge on any atom is -0.465 e. The second-order valence-electron chi connectivity index (χ2n) is 2.93. The van der Waals surface area contributed by atoms with Crippen molar-refractivity contribution in [2.24, 2.45) is 0 Å². The van der Waals surface area contributed by atoms with E-state index in [2.05, 4.69) is 0 Å². The predicted molar refractivity (Wildman–Crippen MR) is 58.0 cm³/mol. The van der Waals surface area contributed by atoms with Crippen LogP contribution in [0.25, 0.3) is 6.08 Å². The number of carbonyl (C=O) groups excluding carboxylic acids is 1. The van der Waals surface area contributed by atoms with Crippen molar-refractivity contribution in [1.82, 2.24) is 0 Å². The zero-order valence-corrected chi connectivity index (χ0v) is 8.25. The highest BCUT2D eigenvalue weighted by atomic mass is 16.4. The summed E-state index contributed by atoms with van der Waals surface area (Å²) in [5.41, 5.74) is 1.44. The Hall–Kier alpha value is -2.10. The van der Waals surface area contributed by atoms with Gasteiger partial charge in [-0.25, -0.2) is 4.79 Å². The zero-order valence-electron chi connectivity index (χ0n) is 8.25. The lowest BCUT2D eigenvalue weighted by molar-refractivity contribution is -0.104. The number of hydrogen-bond donors (Lipinski definition) is 1. The molecule has 0 unspecified atom stereocenters. The predicted octanol–water partition coefficient (Wildman–Crippen LogP) is 2.01. The molecule has 1 N–H and O–H groups in total. The standard InChI is InChI=1S/C11H11NO3/c1-12(11(14)15)10-6-4-9(5-7-10)3-2-8-13/h2-8H,1H3,(H,14,15). The van der Waals surface area contributed by atoms with Gasteiger partial charge in [0.2, 0.25) is 0 Å². The molecule has 0 aliphatic rings. The van der Waals surface area contributed by atoms with Crippen LogP contribution in [0.2, 0.25) is 0 Å². The maximum absolute atomic E-state index is 10.6. The molecule has 0 atom stereocenters. The number of carbonyl (C=O) groups is 2. The number of rotatable bonds is 3. The average Bonchev–Trinajstić information content (AvgIpc) is 2.26. The molecule has 4 nitrogen and oxygen atoms in total. The van der Waals surface area contributed by atoms with E-state index in [1.54, 1.807) is 30.3 Å². The fraction of sp³-hybridized carbons (Fsp3) is 0.0909. The van der Waals surface area contributed by atoms with Crippen LogP contribution in [0.1, 0.15) is 5.56 Å². The van der Waals surface area contributed by atoms with E-state index in [0.717, 1.165) is 10.5 Å². The first-order chi connectivity index (χ1) is 7.15. The number of allylic oxidation sites excluding steroid dienone is 1. The van der Waals surface area contributed by atoms with E-state index in [-0.39, 0.29) is 0 Å². The Bertz CT molecular complexity index is 381. The van der Waals surface area contributed by atoms with Gasteiger partial charge in [-0.3, -0.25) is 9.69 Å². The molecular weight excluding hydrogens is 194 g/mol. The van der Waals surface area contributed by atoms with Crippen LogP contribution >= 0.6 is 0 Å². The SMILES string of the molecule is CN(C(=O)O)c1ccc(C=CC=O)cc1. The number of amides is 1. The third kappa shape index (κ3) is 2.95. The van der Waals surface area contributed by atoms with Crippen molar-refractivity contribution in [2.45, 2.75) is 0 Å². The molecule has 0 aliphatic heterocycles. The molecule has 0 saturated carbocycles. The van der Waals surface area contributed by atoms with Crippen LogP contribution in [0.3, 0.4) is 0 Å². The van der Waals surface area contributed by atoms with Crippen LogP contribution in [0, 0.1) is 0 Å². The molecule has 0 bridgehead atoms. The molecule has 0 heterocycles. The lowest BCUT2D eigenvalue weighted by Crippen LogP contribution is -2.23. The highest BCUT2D eigenvalue weighted by Gasteiger charge is 2.06. The molecule has 78 valence electrons. The molecule has 1 aromatic carbocycles. The molecule has 4 heteroatoms. The van der Waals surface area contributed by atoms with Gasteiger partial charge in [0.25, 0.3) is 0 Å². The van der Waals surface area contributed by atoms with E-state index < -0.39 is 6.09 Å². The van der Waals surface area contributed by atoms with E-state index in [9.17, 15) is 9.59 Å². The van der Waals surface area contributed by atoms with E-state index in [0.29, 0.717) is 12.0 Å². The van der Waals surface area contributed by atoms with Gasteiger partial charge in [0.05, 0.1) is 0 Å². The van der Waals surface area contributed by atoms with E-state index >= 15 is 0 Å². The molecule has 0 radical (unpaired) electrons. The molecule has 0 aromatic heterocycles. The Labute approximate surface area is 87.4 Å². The van der Waals surface area contributed by atoms with Gasteiger partial charge in [-0.2, -0.15) is 0 Å². The van der Waals surface area contributed by atoms with E-state index in [4.69, 9.17) is 5.11 Å². The quantitative estimate of drug-likeness (QED) is 0.606. The molecule has 0 saturated heterocycles. The molecule has 1 aromatic rings. The van der Waals surface area contributed by atoms with Gasteiger partial charge < -0.3 is 5.11 Å². The maximum Gasteiger partial charge on any atom is 0.411 e. The minimum atomic E-state index is -1.01. The van der Waals surface area contributed by atoms with E-state index in [1.165, 1.54) is 13.1 Å². The summed E-state index contributed by atoms with van der Waals surface area (Å²) in [6.07, 6.45) is 2.72. The Morgan fingerprint density at radius 1 is 1.33 bits per heavy atom. The lowest BCUT2D eigenvalue weighted by atomic mass is 10.2. The molecule has 1 rings (SSSR count). The van der Waals surface area contributed by atoms with Crippen LogP contribution in [-0.4, -0.2) is 24.5 Å². The molecule has 0 aliphatic carbocycles. The number of nitrogens with zero attached hydrogens (tertiary/aromatic N) is 1. The highest BCUT2D eigenvalue weighted by molar-refractivity contribution is 5.85. The van der Waals surface area contributed by atoms with Gasteiger partial charge in [0, 0.05) is 12.7 Å². The number of anilines is 1. The van der Waals surface area contributed by atoms with Gasteiger partial charge >= 0.3 is 6.09 Å². The topological polar surface area (TPSA) is 57.6 Å². The summed E-state index contributed by atoms with van der Waals surface area (Å²) in [4.78, 5) is 21.8. The summed E-state index contributed by atoms with van der Waals surface area (Å²) in [5.74, 6) is 0. The van der Waals surface area contributed by atoms with Gasteiger partial charge in [0.1, 0.15) is 6.29 Å².